The van der Waals surface area contributed by atoms with E-state index in [1.807, 2.05) is 18.2 Å². The number of amides is 1. The summed E-state index contributed by atoms with van der Waals surface area (Å²) in [6.07, 6.45) is 8.66. The van der Waals surface area contributed by atoms with Gasteiger partial charge in [-0.05, 0) is 18.4 Å². The maximum absolute atomic E-state index is 12.3. The number of carbonyl (C=O) groups excluding carboxylic acids is 1. The van der Waals surface area contributed by atoms with Gasteiger partial charge in [-0.15, -0.1) is 0 Å². The van der Waals surface area contributed by atoms with Gasteiger partial charge in [0.1, 0.15) is 5.82 Å². The van der Waals surface area contributed by atoms with Crippen LogP contribution in [0.3, 0.4) is 0 Å². The van der Waals surface area contributed by atoms with Gasteiger partial charge in [-0.25, -0.2) is 4.98 Å². The molecule has 1 atom stereocenters. The summed E-state index contributed by atoms with van der Waals surface area (Å²) in [6.45, 7) is 0. The molecule has 1 aromatic carbocycles. The minimum Gasteiger partial charge on any atom is -0.353 e. The van der Waals surface area contributed by atoms with E-state index < -0.39 is 0 Å². The van der Waals surface area contributed by atoms with Crippen LogP contribution in [0.1, 0.15) is 49.4 Å². The highest BCUT2D eigenvalue weighted by atomic mass is 16.1. The highest BCUT2D eigenvalue weighted by Crippen LogP contribution is 2.26. The maximum Gasteiger partial charge on any atom is 0.221 e. The van der Waals surface area contributed by atoms with Crippen molar-refractivity contribution in [1.82, 2.24) is 15.3 Å². The topological polar surface area (TPSA) is 57.8 Å². The van der Waals surface area contributed by atoms with Crippen molar-refractivity contribution < 1.29 is 4.79 Å². The van der Waals surface area contributed by atoms with Crippen molar-refractivity contribution >= 4 is 5.91 Å². The van der Waals surface area contributed by atoms with Gasteiger partial charge in [-0.3, -0.25) is 4.79 Å². The van der Waals surface area contributed by atoms with Crippen LogP contribution in [-0.4, -0.2) is 21.9 Å². The SMILES string of the molecule is O=C(CC(c1ccccc1)c1ncc[nH]1)NC1CCCC1. The normalized spacial score (nSPS) is 16.8. The largest absolute Gasteiger partial charge is 0.353 e. The Bertz CT molecular complexity index is 559. The summed E-state index contributed by atoms with van der Waals surface area (Å²) in [5.74, 6) is 0.956. The lowest BCUT2D eigenvalue weighted by atomic mass is 9.94. The number of hydrogen-bond donors (Lipinski definition) is 2. The predicted octanol–water partition coefficient (Wildman–Crippen LogP) is 2.99. The van der Waals surface area contributed by atoms with Gasteiger partial charge in [0.15, 0.2) is 0 Å². The van der Waals surface area contributed by atoms with Gasteiger partial charge < -0.3 is 10.3 Å². The molecule has 1 aliphatic rings. The zero-order valence-corrected chi connectivity index (χ0v) is 12.1. The molecule has 0 saturated heterocycles. The third-order valence-corrected chi connectivity index (χ3v) is 4.16. The predicted molar refractivity (Wildman–Crippen MR) is 81.9 cm³/mol. The van der Waals surface area contributed by atoms with Crippen LogP contribution in [0.4, 0.5) is 0 Å². The van der Waals surface area contributed by atoms with Gasteiger partial charge in [0.25, 0.3) is 0 Å². The van der Waals surface area contributed by atoms with Crippen LogP contribution in [-0.2, 0) is 4.79 Å². The number of aromatic amines is 1. The second-order valence-electron chi connectivity index (χ2n) is 5.69. The van der Waals surface area contributed by atoms with Crippen LogP contribution in [0, 0.1) is 0 Å². The Hall–Kier alpha value is -2.10. The Balaban J connectivity index is 1.72. The molecule has 0 aliphatic heterocycles. The monoisotopic (exact) mass is 283 g/mol. The number of imidazole rings is 1. The van der Waals surface area contributed by atoms with Crippen LogP contribution in [0.15, 0.2) is 42.7 Å². The van der Waals surface area contributed by atoms with Gasteiger partial charge in [-0.1, -0.05) is 43.2 Å². The fourth-order valence-corrected chi connectivity index (χ4v) is 3.07. The molecule has 4 heteroatoms. The molecule has 1 saturated carbocycles. The number of nitrogens with one attached hydrogen (secondary N) is 2. The standard InChI is InChI=1S/C17H21N3O/c21-16(20-14-8-4-5-9-14)12-15(17-18-10-11-19-17)13-6-2-1-3-7-13/h1-3,6-7,10-11,14-15H,4-5,8-9,12H2,(H,18,19)(H,20,21). The quantitative estimate of drug-likeness (QED) is 0.886. The van der Waals surface area contributed by atoms with E-state index in [0.29, 0.717) is 12.5 Å². The van der Waals surface area contributed by atoms with Crippen molar-refractivity contribution in [2.24, 2.45) is 0 Å². The second-order valence-corrected chi connectivity index (χ2v) is 5.69. The molecule has 3 rings (SSSR count). The number of H-pyrrole nitrogens is 1. The van der Waals surface area contributed by atoms with Crippen molar-refractivity contribution in [3.05, 3.63) is 54.1 Å². The third-order valence-electron chi connectivity index (χ3n) is 4.16. The molecule has 21 heavy (non-hydrogen) atoms. The molecule has 1 fully saturated rings. The fraction of sp³-hybridized carbons (Fsp3) is 0.412. The Labute approximate surface area is 125 Å². The third kappa shape index (κ3) is 3.51. The molecule has 2 N–H and O–H groups in total. The smallest absolute Gasteiger partial charge is 0.221 e. The number of rotatable bonds is 5. The number of benzene rings is 1. The highest BCUT2D eigenvalue weighted by molar-refractivity contribution is 5.77. The summed E-state index contributed by atoms with van der Waals surface area (Å²) in [4.78, 5) is 19.8. The summed E-state index contributed by atoms with van der Waals surface area (Å²) in [5, 5.41) is 3.16. The van der Waals surface area contributed by atoms with E-state index in [0.717, 1.165) is 24.2 Å². The molecule has 1 aromatic heterocycles. The molecule has 1 unspecified atom stereocenters. The van der Waals surface area contributed by atoms with Gasteiger partial charge in [0.2, 0.25) is 5.91 Å². The van der Waals surface area contributed by atoms with Crippen molar-refractivity contribution in [3.8, 4) is 0 Å². The van der Waals surface area contributed by atoms with E-state index in [4.69, 9.17) is 0 Å². The number of carbonyl (C=O) groups is 1. The van der Waals surface area contributed by atoms with Crippen molar-refractivity contribution in [3.63, 3.8) is 0 Å². The molecule has 0 bridgehead atoms. The number of hydrogen-bond acceptors (Lipinski definition) is 2. The van der Waals surface area contributed by atoms with Crippen molar-refractivity contribution in [2.45, 2.75) is 44.1 Å². The van der Waals surface area contributed by atoms with Crippen LogP contribution in [0.2, 0.25) is 0 Å². The molecule has 1 amide bonds. The van der Waals surface area contributed by atoms with E-state index in [-0.39, 0.29) is 11.8 Å². The molecular weight excluding hydrogens is 262 g/mol. The molecule has 1 aliphatic carbocycles. The first-order chi connectivity index (χ1) is 10.3. The highest BCUT2D eigenvalue weighted by Gasteiger charge is 2.23. The van der Waals surface area contributed by atoms with Crippen LogP contribution < -0.4 is 5.32 Å². The van der Waals surface area contributed by atoms with Crippen LogP contribution in [0.25, 0.3) is 0 Å². The Kier molecular flexibility index (Phi) is 4.34. The molecule has 2 aromatic rings. The van der Waals surface area contributed by atoms with Gasteiger partial charge >= 0.3 is 0 Å². The summed E-state index contributed by atoms with van der Waals surface area (Å²) >= 11 is 0. The van der Waals surface area contributed by atoms with Crippen LogP contribution >= 0.6 is 0 Å². The first-order valence-electron chi connectivity index (χ1n) is 7.66. The average Bonchev–Trinajstić information content (AvgIpc) is 3.19. The molecule has 0 spiro atoms. The first-order valence-corrected chi connectivity index (χ1v) is 7.66. The maximum atomic E-state index is 12.3. The summed E-state index contributed by atoms with van der Waals surface area (Å²) in [6, 6.07) is 10.5. The average molecular weight is 283 g/mol. The van der Waals surface area contributed by atoms with Gasteiger partial charge in [0.05, 0.1) is 5.92 Å². The van der Waals surface area contributed by atoms with Crippen molar-refractivity contribution in [1.29, 1.82) is 0 Å². The zero-order valence-electron chi connectivity index (χ0n) is 12.1. The van der Waals surface area contributed by atoms with E-state index in [2.05, 4.69) is 27.4 Å². The second kappa shape index (κ2) is 6.57. The molecular formula is C17H21N3O. The Morgan fingerprint density at radius 3 is 2.71 bits per heavy atom. The Morgan fingerprint density at radius 2 is 2.05 bits per heavy atom. The number of aromatic nitrogens is 2. The summed E-state index contributed by atoms with van der Waals surface area (Å²) < 4.78 is 0. The lowest BCUT2D eigenvalue weighted by molar-refractivity contribution is -0.122. The van der Waals surface area contributed by atoms with E-state index in [1.165, 1.54) is 12.8 Å². The molecule has 110 valence electrons. The van der Waals surface area contributed by atoms with Gasteiger partial charge in [-0.2, -0.15) is 0 Å². The molecule has 4 nitrogen and oxygen atoms in total. The van der Waals surface area contributed by atoms with E-state index in [1.54, 1.807) is 12.4 Å². The summed E-state index contributed by atoms with van der Waals surface area (Å²) in [5.41, 5.74) is 1.12. The lowest BCUT2D eigenvalue weighted by Crippen LogP contribution is -2.33. The van der Waals surface area contributed by atoms with Crippen LogP contribution in [0.5, 0.6) is 0 Å². The molecule has 1 heterocycles. The lowest BCUT2D eigenvalue weighted by Gasteiger charge is -2.17. The summed E-state index contributed by atoms with van der Waals surface area (Å²) in [7, 11) is 0. The first kappa shape index (κ1) is 13.9. The van der Waals surface area contributed by atoms with E-state index in [9.17, 15) is 4.79 Å². The number of nitrogens with zero attached hydrogens (tertiary/aromatic N) is 1. The minimum absolute atomic E-state index is 0.0115. The van der Waals surface area contributed by atoms with Crippen molar-refractivity contribution in [2.75, 3.05) is 0 Å². The van der Waals surface area contributed by atoms with E-state index >= 15 is 0 Å². The fourth-order valence-electron chi connectivity index (χ4n) is 3.07. The van der Waals surface area contributed by atoms with Gasteiger partial charge in [0, 0.05) is 24.9 Å². The minimum atomic E-state index is -0.0115. The zero-order chi connectivity index (χ0) is 14.5. The Morgan fingerprint density at radius 1 is 1.29 bits per heavy atom. The molecule has 0 radical (unpaired) electrons.